The van der Waals surface area contributed by atoms with Crippen molar-refractivity contribution in [3.8, 4) is 16.5 Å². The third kappa shape index (κ3) is 5.02. The summed E-state index contributed by atoms with van der Waals surface area (Å²) >= 11 is 1.25. The van der Waals surface area contributed by atoms with E-state index < -0.39 is 28.1 Å². The van der Waals surface area contributed by atoms with E-state index in [0.29, 0.717) is 42.5 Å². The van der Waals surface area contributed by atoms with Gasteiger partial charge in [-0.2, -0.15) is 0 Å². The van der Waals surface area contributed by atoms with E-state index >= 15 is 0 Å². The van der Waals surface area contributed by atoms with Crippen molar-refractivity contribution < 1.29 is 18.5 Å². The molecule has 0 spiro atoms. The number of benzene rings is 1. The molecule has 40 heavy (non-hydrogen) atoms. The Morgan fingerprint density at radius 3 is 2.73 bits per heavy atom. The maximum Gasteiger partial charge on any atom is 0.302 e. The molecule has 4 aromatic rings. The normalized spacial score (nSPS) is 18.2. The zero-order valence-electron chi connectivity index (χ0n) is 21.8. The van der Waals surface area contributed by atoms with Gasteiger partial charge in [0.2, 0.25) is 17.4 Å². The predicted octanol–water partition coefficient (Wildman–Crippen LogP) is 1.70. The molecular weight excluding hydrogens is 557 g/mol. The van der Waals surface area contributed by atoms with Gasteiger partial charge in [0.25, 0.3) is 0 Å². The molecular formula is C26H28FN7O4S2. The minimum atomic E-state index is -1.20. The van der Waals surface area contributed by atoms with Crippen molar-refractivity contribution in [3.63, 3.8) is 0 Å². The fraction of sp³-hybridized carbons (Fsp3) is 0.385. The Morgan fingerprint density at radius 1 is 1.18 bits per heavy atom. The van der Waals surface area contributed by atoms with E-state index in [9.17, 15) is 23.3 Å². The summed E-state index contributed by atoms with van der Waals surface area (Å²) in [6, 6.07) is 4.46. The standard InChI is InChI=1S/C26H28FN7O4S2/c1-30-6-8-31(9-7-30)21(35)16-32-10-11-33-25(37)23(36)22(29-26(32)33)24-28-15-19(39-24)13-17-3-4-18(27)14-20(17)34-5-2-12-40(34)38/h3-4,10-11,14-15,36H,2,5-9,12-13,16H2,1H3. The van der Waals surface area contributed by atoms with Crippen LogP contribution < -0.4 is 9.86 Å². The van der Waals surface area contributed by atoms with Crippen LogP contribution in [0.25, 0.3) is 16.5 Å². The van der Waals surface area contributed by atoms with Gasteiger partial charge in [0.05, 0.1) is 5.69 Å². The first-order chi connectivity index (χ1) is 19.3. The molecule has 0 radical (unpaired) electrons. The molecule has 0 saturated carbocycles. The molecule has 1 N–H and O–H groups in total. The molecule has 1 unspecified atom stereocenters. The summed E-state index contributed by atoms with van der Waals surface area (Å²) in [4.78, 5) is 39.6. The Kier molecular flexibility index (Phi) is 7.15. The number of nitrogens with zero attached hydrogens (tertiary/aromatic N) is 7. The first-order valence-electron chi connectivity index (χ1n) is 12.9. The van der Waals surface area contributed by atoms with E-state index in [1.807, 2.05) is 7.05 Å². The molecule has 6 rings (SSSR count). The molecule has 0 bridgehead atoms. The van der Waals surface area contributed by atoms with Gasteiger partial charge in [-0.1, -0.05) is 6.07 Å². The van der Waals surface area contributed by atoms with Crippen molar-refractivity contribution in [3.05, 3.63) is 63.4 Å². The van der Waals surface area contributed by atoms with E-state index in [0.717, 1.165) is 30.0 Å². The Bertz CT molecular complexity index is 1680. The minimum Gasteiger partial charge on any atom is -0.501 e. The summed E-state index contributed by atoms with van der Waals surface area (Å²) in [5, 5.41) is 11.1. The second-order valence-corrected chi connectivity index (χ2v) is 12.6. The summed E-state index contributed by atoms with van der Waals surface area (Å²) in [5.74, 6) is -0.220. The molecule has 210 valence electrons. The molecule has 5 heterocycles. The van der Waals surface area contributed by atoms with E-state index in [2.05, 4.69) is 14.9 Å². The van der Waals surface area contributed by atoms with Crippen LogP contribution in [0.1, 0.15) is 16.9 Å². The lowest BCUT2D eigenvalue weighted by Crippen LogP contribution is -2.48. The number of fused-ring (bicyclic) bond motifs is 1. The fourth-order valence-electron chi connectivity index (χ4n) is 5.02. The number of anilines is 1. The highest BCUT2D eigenvalue weighted by molar-refractivity contribution is 7.86. The first kappa shape index (κ1) is 26.6. The quantitative estimate of drug-likeness (QED) is 0.366. The highest BCUT2D eigenvalue weighted by Gasteiger charge is 2.25. The average Bonchev–Trinajstić information content (AvgIpc) is 3.68. The van der Waals surface area contributed by atoms with Crippen molar-refractivity contribution in [2.75, 3.05) is 49.8 Å². The van der Waals surface area contributed by atoms with Crippen LogP contribution in [0.3, 0.4) is 0 Å². The molecule has 2 aliphatic heterocycles. The second kappa shape index (κ2) is 10.7. The van der Waals surface area contributed by atoms with Crippen LogP contribution in [-0.2, 0) is 28.7 Å². The average molecular weight is 586 g/mol. The number of halogens is 1. The number of hydrogen-bond acceptors (Lipinski definition) is 8. The summed E-state index contributed by atoms with van der Waals surface area (Å²) in [6.07, 6.45) is 5.90. The molecule has 0 aliphatic carbocycles. The lowest BCUT2D eigenvalue weighted by molar-refractivity contribution is -0.133. The molecule has 1 amide bonds. The number of imidazole rings is 1. The molecule has 2 fully saturated rings. The van der Waals surface area contributed by atoms with Gasteiger partial charge in [-0.05, 0) is 31.2 Å². The molecule has 1 aromatic carbocycles. The number of amides is 1. The topological polar surface area (TPSA) is 116 Å². The largest absolute Gasteiger partial charge is 0.501 e. The van der Waals surface area contributed by atoms with Crippen molar-refractivity contribution >= 4 is 39.7 Å². The van der Waals surface area contributed by atoms with Crippen LogP contribution in [-0.4, -0.2) is 89.5 Å². The maximum absolute atomic E-state index is 14.1. The van der Waals surface area contributed by atoms with Gasteiger partial charge in [0.15, 0.2) is 5.69 Å². The van der Waals surface area contributed by atoms with Gasteiger partial charge >= 0.3 is 5.56 Å². The third-order valence-corrected chi connectivity index (χ3v) is 9.76. The number of aromatic nitrogens is 4. The van der Waals surface area contributed by atoms with Gasteiger partial charge < -0.3 is 19.5 Å². The predicted molar refractivity (Wildman–Crippen MR) is 150 cm³/mol. The number of carbonyl (C=O) groups is 1. The van der Waals surface area contributed by atoms with E-state index in [-0.39, 0.29) is 23.9 Å². The van der Waals surface area contributed by atoms with Crippen LogP contribution in [0.5, 0.6) is 5.75 Å². The highest BCUT2D eigenvalue weighted by Crippen LogP contribution is 2.33. The number of carbonyl (C=O) groups excluding carboxylic acids is 1. The van der Waals surface area contributed by atoms with Crippen LogP contribution in [0, 0.1) is 5.82 Å². The van der Waals surface area contributed by atoms with E-state index in [1.165, 1.54) is 34.1 Å². The van der Waals surface area contributed by atoms with Gasteiger partial charge in [-0.25, -0.2) is 23.0 Å². The second-order valence-electron chi connectivity index (χ2n) is 9.96. The van der Waals surface area contributed by atoms with Crippen molar-refractivity contribution in [2.45, 2.75) is 19.4 Å². The van der Waals surface area contributed by atoms with Gasteiger partial charge in [0.1, 0.15) is 28.4 Å². The smallest absolute Gasteiger partial charge is 0.302 e. The number of piperazine rings is 1. The van der Waals surface area contributed by atoms with Crippen molar-refractivity contribution in [2.24, 2.45) is 0 Å². The van der Waals surface area contributed by atoms with E-state index in [1.54, 1.807) is 32.2 Å². The van der Waals surface area contributed by atoms with Gasteiger partial charge in [0, 0.05) is 68.4 Å². The molecule has 1 atom stereocenters. The number of rotatable bonds is 6. The number of likely N-dealkylation sites (N-methyl/N-ethyl adjacent to an activating group) is 1. The molecule has 14 heteroatoms. The molecule has 11 nitrogen and oxygen atoms in total. The van der Waals surface area contributed by atoms with Crippen LogP contribution in [0.2, 0.25) is 0 Å². The van der Waals surface area contributed by atoms with Crippen LogP contribution in [0.15, 0.2) is 41.6 Å². The Labute approximate surface area is 235 Å². The number of aromatic hydroxyl groups is 1. The number of hydrogen-bond donors (Lipinski definition) is 1. The monoisotopic (exact) mass is 585 g/mol. The van der Waals surface area contributed by atoms with Crippen molar-refractivity contribution in [1.82, 2.24) is 28.7 Å². The highest BCUT2D eigenvalue weighted by atomic mass is 32.2. The third-order valence-electron chi connectivity index (χ3n) is 7.25. The fourth-order valence-corrected chi connectivity index (χ4v) is 7.26. The number of thiazole rings is 1. The Balaban J connectivity index is 1.28. The first-order valence-corrected chi connectivity index (χ1v) is 15.0. The zero-order valence-corrected chi connectivity index (χ0v) is 23.5. The van der Waals surface area contributed by atoms with Crippen LogP contribution in [0.4, 0.5) is 10.1 Å². The summed E-state index contributed by atoms with van der Waals surface area (Å²) in [5.41, 5.74) is 0.776. The maximum atomic E-state index is 14.1. The zero-order chi connectivity index (χ0) is 28.0. The lowest BCUT2D eigenvalue weighted by atomic mass is 10.1. The van der Waals surface area contributed by atoms with Gasteiger partial charge in [-0.3, -0.25) is 13.9 Å². The molecule has 2 saturated heterocycles. The summed E-state index contributed by atoms with van der Waals surface area (Å²) < 4.78 is 31.1. The van der Waals surface area contributed by atoms with E-state index in [4.69, 9.17) is 0 Å². The Morgan fingerprint density at radius 2 is 1.98 bits per heavy atom. The molecule has 3 aromatic heterocycles. The minimum absolute atomic E-state index is 0.0191. The van der Waals surface area contributed by atoms with Crippen LogP contribution >= 0.6 is 11.3 Å². The lowest BCUT2D eigenvalue weighted by Gasteiger charge is -2.32. The summed E-state index contributed by atoms with van der Waals surface area (Å²) in [6.45, 7) is 3.49. The van der Waals surface area contributed by atoms with Gasteiger partial charge in [-0.15, -0.1) is 11.3 Å². The Hall–Kier alpha value is -3.62. The SMILES string of the molecule is CN1CCN(C(=O)Cn2ccn3c(=O)c(O)c(-c4ncc(Cc5ccc(F)cc5N5CCCS5=O)s4)nc23)CC1. The molecule has 2 aliphatic rings. The summed E-state index contributed by atoms with van der Waals surface area (Å²) in [7, 11) is 0.823. The van der Waals surface area contributed by atoms with Crippen molar-refractivity contribution in [1.29, 1.82) is 0 Å².